The second kappa shape index (κ2) is 7.38. The van der Waals surface area contributed by atoms with Crippen molar-refractivity contribution in [1.82, 2.24) is 0 Å². The number of carbonyl (C=O) groups excluding carboxylic acids is 1. The van der Waals surface area contributed by atoms with Gasteiger partial charge in [0.05, 0.1) is 5.60 Å². The van der Waals surface area contributed by atoms with Gasteiger partial charge in [0.15, 0.2) is 5.09 Å². The highest BCUT2D eigenvalue weighted by Gasteiger charge is 2.28. The van der Waals surface area contributed by atoms with Gasteiger partial charge in [-0.3, -0.25) is 5.14 Å². The van der Waals surface area contributed by atoms with Crippen molar-refractivity contribution < 1.29 is 14.3 Å². The van der Waals surface area contributed by atoms with Crippen LogP contribution in [0.25, 0.3) is 0 Å². The number of furan rings is 1. The highest BCUT2D eigenvalue weighted by molar-refractivity contribution is 7.85. The third kappa shape index (κ3) is 3.79. The van der Waals surface area contributed by atoms with Crippen LogP contribution in [-0.2, 0) is 35.7 Å². The topological polar surface area (TPSA) is 101 Å². The van der Waals surface area contributed by atoms with Crippen LogP contribution in [-0.4, -0.2) is 11.1 Å². The number of aliphatic hydroxyl groups is 1. The number of benzene rings is 1. The summed E-state index contributed by atoms with van der Waals surface area (Å²) in [5, 5.41) is 19.8. The van der Waals surface area contributed by atoms with E-state index < -0.39 is 22.5 Å². The number of aryl methyl sites for hydroxylation is 2. The molecule has 2 unspecified atom stereocenters. The van der Waals surface area contributed by atoms with Gasteiger partial charge < -0.3 is 14.8 Å². The van der Waals surface area contributed by atoms with Crippen molar-refractivity contribution in [3.8, 4) is 0 Å². The standard InChI is InChI=1S/C22H29N3O3S/c1-12-8-9-16-17(12)10-14-6-5-7-15(14)20(16)24-21(26)25-29(23)19-11-18(13(2)28-19)22(3,4)27/h10-12,27H,5-9H2,1-4H3,(H3,23,24,25,26). The normalized spacial score (nSPS) is 19.3. The van der Waals surface area contributed by atoms with Gasteiger partial charge in [-0.2, -0.15) is 0 Å². The van der Waals surface area contributed by atoms with Gasteiger partial charge >= 0.3 is 6.03 Å². The van der Waals surface area contributed by atoms with Crippen molar-refractivity contribution in [2.24, 2.45) is 9.50 Å². The van der Waals surface area contributed by atoms with Crippen molar-refractivity contribution in [2.75, 3.05) is 5.32 Å². The van der Waals surface area contributed by atoms with Crippen LogP contribution >= 0.6 is 0 Å². The first kappa shape index (κ1) is 20.3. The van der Waals surface area contributed by atoms with Crippen LogP contribution in [0.5, 0.6) is 0 Å². The largest absolute Gasteiger partial charge is 0.453 e. The molecule has 2 aliphatic rings. The van der Waals surface area contributed by atoms with Gasteiger partial charge in [0, 0.05) is 22.1 Å². The van der Waals surface area contributed by atoms with E-state index in [1.165, 1.54) is 22.3 Å². The number of amides is 2. The first-order chi connectivity index (χ1) is 13.6. The summed E-state index contributed by atoms with van der Waals surface area (Å²) in [4.78, 5) is 12.7. The molecule has 0 bridgehead atoms. The van der Waals surface area contributed by atoms with Crippen molar-refractivity contribution >= 4 is 22.6 Å². The molecule has 6 nitrogen and oxygen atoms in total. The Morgan fingerprint density at radius 2 is 2.07 bits per heavy atom. The molecule has 0 spiro atoms. The second-order valence-corrected chi connectivity index (χ2v) is 9.89. The monoisotopic (exact) mass is 415 g/mol. The number of hydrogen-bond acceptors (Lipinski definition) is 3. The third-order valence-electron chi connectivity index (χ3n) is 6.07. The first-order valence-electron chi connectivity index (χ1n) is 10.2. The lowest BCUT2D eigenvalue weighted by Gasteiger charge is -2.16. The van der Waals surface area contributed by atoms with Gasteiger partial charge in [0.1, 0.15) is 5.76 Å². The fourth-order valence-electron chi connectivity index (χ4n) is 4.62. The Bertz CT molecular complexity index is 1020. The van der Waals surface area contributed by atoms with Crippen LogP contribution in [0.2, 0.25) is 0 Å². The molecule has 2 aliphatic carbocycles. The average molecular weight is 416 g/mol. The number of nitrogens with one attached hydrogen (secondary N) is 1. The summed E-state index contributed by atoms with van der Waals surface area (Å²) in [6, 6.07) is 3.59. The predicted octanol–water partition coefficient (Wildman–Crippen LogP) is 4.62. The zero-order chi connectivity index (χ0) is 20.9. The zero-order valence-corrected chi connectivity index (χ0v) is 18.3. The van der Waals surface area contributed by atoms with Crippen LogP contribution in [0.3, 0.4) is 0 Å². The molecule has 4 rings (SSSR count). The summed E-state index contributed by atoms with van der Waals surface area (Å²) in [7, 11) is -1.23. The van der Waals surface area contributed by atoms with Crippen LogP contribution in [0, 0.1) is 6.92 Å². The number of carbonyl (C=O) groups is 1. The van der Waals surface area contributed by atoms with E-state index in [9.17, 15) is 9.90 Å². The third-order valence-corrected chi connectivity index (χ3v) is 7.05. The molecule has 0 aliphatic heterocycles. The maximum atomic E-state index is 12.7. The molecule has 0 radical (unpaired) electrons. The Morgan fingerprint density at radius 1 is 1.31 bits per heavy atom. The SMILES string of the molecule is Cc1oc(/S(N)=N/C(=O)Nc2c3c(cc4c2CCC4C)CCC3)cc1C(C)(C)O. The molecule has 7 heteroatoms. The van der Waals surface area contributed by atoms with Crippen LogP contribution < -0.4 is 10.5 Å². The molecule has 4 N–H and O–H groups in total. The molecule has 0 saturated carbocycles. The highest BCUT2D eigenvalue weighted by atomic mass is 32.2. The first-order valence-corrected chi connectivity index (χ1v) is 11.4. The highest BCUT2D eigenvalue weighted by Crippen LogP contribution is 2.43. The van der Waals surface area contributed by atoms with Gasteiger partial charge in [-0.15, -0.1) is 4.36 Å². The molecular formula is C22H29N3O3S. The van der Waals surface area contributed by atoms with Gasteiger partial charge in [0.2, 0.25) is 0 Å². The molecule has 1 aromatic carbocycles. The van der Waals surface area contributed by atoms with Crippen LogP contribution in [0.15, 0.2) is 26.0 Å². The van der Waals surface area contributed by atoms with Crippen molar-refractivity contribution in [2.45, 2.75) is 76.4 Å². The second-order valence-electron chi connectivity index (χ2n) is 8.68. The zero-order valence-electron chi connectivity index (χ0n) is 17.5. The summed E-state index contributed by atoms with van der Waals surface area (Å²) in [6.07, 6.45) is 5.29. The summed E-state index contributed by atoms with van der Waals surface area (Å²) >= 11 is 0. The smallest absolute Gasteiger partial charge is 0.352 e. The Labute approximate surface area is 174 Å². The van der Waals surface area contributed by atoms with Gasteiger partial charge in [-0.25, -0.2) is 4.79 Å². The number of urea groups is 1. The summed E-state index contributed by atoms with van der Waals surface area (Å²) < 4.78 is 9.80. The minimum absolute atomic E-state index is 0.395. The fraction of sp³-hybridized carbons (Fsp3) is 0.500. The number of nitrogens with zero attached hydrogens (tertiary/aromatic N) is 1. The predicted molar refractivity (Wildman–Crippen MR) is 115 cm³/mol. The lowest BCUT2D eigenvalue weighted by molar-refractivity contribution is 0.0769. The molecule has 1 aromatic heterocycles. The van der Waals surface area contributed by atoms with E-state index in [1.807, 2.05) is 0 Å². The Kier molecular flexibility index (Phi) is 5.17. The molecule has 2 atom stereocenters. The van der Waals surface area contributed by atoms with Crippen molar-refractivity contribution in [1.29, 1.82) is 0 Å². The Balaban J connectivity index is 1.62. The number of rotatable bonds is 3. The molecule has 0 fully saturated rings. The minimum atomic E-state index is -1.23. The minimum Gasteiger partial charge on any atom is -0.453 e. The van der Waals surface area contributed by atoms with Crippen LogP contribution in [0.4, 0.5) is 10.5 Å². The maximum Gasteiger partial charge on any atom is 0.352 e. The molecule has 29 heavy (non-hydrogen) atoms. The number of anilines is 1. The Morgan fingerprint density at radius 3 is 2.76 bits per heavy atom. The summed E-state index contributed by atoms with van der Waals surface area (Å²) in [6.45, 7) is 7.39. The average Bonchev–Trinajstić information content (AvgIpc) is 3.33. The molecule has 0 saturated heterocycles. The molecule has 2 aromatic rings. The van der Waals surface area contributed by atoms with Gasteiger partial charge in [0.25, 0.3) is 0 Å². The van der Waals surface area contributed by atoms with E-state index in [-0.39, 0.29) is 0 Å². The van der Waals surface area contributed by atoms with E-state index in [0.29, 0.717) is 22.3 Å². The molecular weight excluding hydrogens is 386 g/mol. The van der Waals surface area contributed by atoms with E-state index in [4.69, 9.17) is 9.56 Å². The number of nitrogens with two attached hydrogens (primary N) is 1. The van der Waals surface area contributed by atoms with E-state index in [1.54, 1.807) is 26.8 Å². The fourth-order valence-corrected chi connectivity index (χ4v) is 5.38. The van der Waals surface area contributed by atoms with E-state index in [0.717, 1.165) is 37.8 Å². The summed E-state index contributed by atoms with van der Waals surface area (Å²) in [5.41, 5.74) is 5.81. The quantitative estimate of drug-likeness (QED) is 0.681. The van der Waals surface area contributed by atoms with E-state index >= 15 is 0 Å². The van der Waals surface area contributed by atoms with E-state index in [2.05, 4.69) is 22.7 Å². The Hall–Kier alpha value is -1.96. The van der Waals surface area contributed by atoms with Crippen LogP contribution in [0.1, 0.15) is 73.1 Å². The molecule has 1 heterocycles. The molecule has 156 valence electrons. The molecule has 2 amide bonds. The maximum absolute atomic E-state index is 12.7. The lowest BCUT2D eigenvalue weighted by atomic mass is 9.96. The number of hydrogen-bond donors (Lipinski definition) is 3. The van der Waals surface area contributed by atoms with Gasteiger partial charge in [-0.05, 0) is 87.1 Å². The lowest BCUT2D eigenvalue weighted by Crippen LogP contribution is -2.16. The number of fused-ring (bicyclic) bond motifs is 2. The van der Waals surface area contributed by atoms with Crippen molar-refractivity contribution in [3.05, 3.63) is 45.7 Å². The summed E-state index contributed by atoms with van der Waals surface area (Å²) in [5.74, 6) is 1.11. The van der Waals surface area contributed by atoms with Gasteiger partial charge in [-0.1, -0.05) is 13.0 Å². The van der Waals surface area contributed by atoms with Crippen molar-refractivity contribution in [3.63, 3.8) is 0 Å².